The van der Waals surface area contributed by atoms with Crippen molar-refractivity contribution in [3.8, 4) is 5.88 Å². The Kier molecular flexibility index (Phi) is 5.01. The molecule has 26 heavy (non-hydrogen) atoms. The summed E-state index contributed by atoms with van der Waals surface area (Å²) in [5.74, 6) is -0.870. The van der Waals surface area contributed by atoms with Crippen LogP contribution in [-0.4, -0.2) is 28.7 Å². The zero-order valence-electron chi connectivity index (χ0n) is 13.4. The number of para-hydroxylation sites is 1. The Morgan fingerprint density at radius 3 is 2.58 bits per heavy atom. The normalized spacial score (nSPS) is 11.3. The zero-order chi connectivity index (χ0) is 18.6. The van der Waals surface area contributed by atoms with Gasteiger partial charge in [0.2, 0.25) is 5.88 Å². The predicted molar refractivity (Wildman–Crippen MR) is 86.6 cm³/mol. The molecule has 5 nitrogen and oxygen atoms in total. The predicted octanol–water partition coefficient (Wildman–Crippen LogP) is 3.93. The number of hydrogen-bond acceptors (Lipinski definition) is 5. The van der Waals surface area contributed by atoms with E-state index in [0.29, 0.717) is 0 Å². The lowest BCUT2D eigenvalue weighted by atomic mass is 10.1. The highest BCUT2D eigenvalue weighted by Crippen LogP contribution is 2.19. The Labute approximate surface area is 146 Å². The quantitative estimate of drug-likeness (QED) is 0.644. The van der Waals surface area contributed by atoms with Crippen molar-refractivity contribution < 1.29 is 27.4 Å². The minimum Gasteiger partial charge on any atom is -0.468 e. The molecule has 0 aliphatic rings. The van der Waals surface area contributed by atoms with Crippen LogP contribution in [-0.2, 0) is 11.3 Å². The SMILES string of the molecule is O=C(OCc1cccc2cccnc12)c1ccc(OCC(F)(F)F)nc1. The monoisotopic (exact) mass is 362 g/mol. The third kappa shape index (κ3) is 4.47. The molecule has 0 unspecified atom stereocenters. The minimum absolute atomic E-state index is 0.0134. The summed E-state index contributed by atoms with van der Waals surface area (Å²) in [4.78, 5) is 20.0. The average molecular weight is 362 g/mol. The van der Waals surface area contributed by atoms with E-state index in [9.17, 15) is 18.0 Å². The number of esters is 1. The fourth-order valence-corrected chi connectivity index (χ4v) is 2.25. The molecule has 0 saturated heterocycles. The van der Waals surface area contributed by atoms with Gasteiger partial charge in [-0.1, -0.05) is 24.3 Å². The fourth-order valence-electron chi connectivity index (χ4n) is 2.25. The van der Waals surface area contributed by atoms with Gasteiger partial charge < -0.3 is 9.47 Å². The van der Waals surface area contributed by atoms with Crippen molar-refractivity contribution in [2.45, 2.75) is 12.8 Å². The van der Waals surface area contributed by atoms with Crippen LogP contribution in [0.4, 0.5) is 13.2 Å². The summed E-state index contributed by atoms with van der Waals surface area (Å²) in [6.45, 7) is -1.43. The van der Waals surface area contributed by atoms with E-state index in [0.717, 1.165) is 22.7 Å². The van der Waals surface area contributed by atoms with Crippen molar-refractivity contribution in [3.05, 3.63) is 66.0 Å². The Morgan fingerprint density at radius 2 is 1.85 bits per heavy atom. The van der Waals surface area contributed by atoms with E-state index in [2.05, 4.69) is 14.7 Å². The molecular formula is C18H13F3N2O3. The molecule has 3 aromatic rings. The van der Waals surface area contributed by atoms with Gasteiger partial charge in [0.05, 0.1) is 11.1 Å². The van der Waals surface area contributed by atoms with Crippen molar-refractivity contribution in [1.82, 2.24) is 9.97 Å². The number of hydrogen-bond donors (Lipinski definition) is 0. The van der Waals surface area contributed by atoms with Crippen molar-refractivity contribution in [3.63, 3.8) is 0 Å². The van der Waals surface area contributed by atoms with Gasteiger partial charge in [-0.05, 0) is 12.1 Å². The maximum atomic E-state index is 12.1. The number of nitrogens with zero attached hydrogens (tertiary/aromatic N) is 2. The molecule has 8 heteroatoms. The second-order valence-electron chi connectivity index (χ2n) is 5.36. The number of halogens is 3. The number of carbonyl (C=O) groups is 1. The van der Waals surface area contributed by atoms with Crippen molar-refractivity contribution >= 4 is 16.9 Å². The number of alkyl halides is 3. The van der Waals surface area contributed by atoms with Crippen LogP contribution in [0.25, 0.3) is 10.9 Å². The Bertz CT molecular complexity index is 906. The number of rotatable bonds is 5. The lowest BCUT2D eigenvalue weighted by molar-refractivity contribution is -0.154. The maximum Gasteiger partial charge on any atom is 0.422 e. The second kappa shape index (κ2) is 7.38. The summed E-state index contributed by atoms with van der Waals surface area (Å²) in [6.07, 6.45) is -1.70. The summed E-state index contributed by atoms with van der Waals surface area (Å²) in [5, 5.41) is 0.925. The molecule has 0 radical (unpaired) electrons. The van der Waals surface area contributed by atoms with Crippen LogP contribution >= 0.6 is 0 Å². The van der Waals surface area contributed by atoms with Crippen LogP contribution in [0, 0.1) is 0 Å². The van der Waals surface area contributed by atoms with Crippen LogP contribution in [0.15, 0.2) is 54.9 Å². The van der Waals surface area contributed by atoms with Gasteiger partial charge in [-0.2, -0.15) is 13.2 Å². The standard InChI is InChI=1S/C18H13F3N2O3/c19-18(20,21)11-26-15-7-6-13(9-23-15)17(24)25-10-14-4-1-3-12-5-2-8-22-16(12)14/h1-9H,10-11H2. The smallest absolute Gasteiger partial charge is 0.422 e. The lowest BCUT2D eigenvalue weighted by Gasteiger charge is -2.09. The first-order valence-corrected chi connectivity index (χ1v) is 7.58. The first-order valence-electron chi connectivity index (χ1n) is 7.58. The topological polar surface area (TPSA) is 61.3 Å². The van der Waals surface area contributed by atoms with E-state index in [1.54, 1.807) is 12.3 Å². The summed E-state index contributed by atoms with van der Waals surface area (Å²) < 4.78 is 46.0. The van der Waals surface area contributed by atoms with Crippen molar-refractivity contribution in [2.75, 3.05) is 6.61 Å². The fraction of sp³-hybridized carbons (Fsp3) is 0.167. The number of ether oxygens (including phenoxy) is 2. The highest BCUT2D eigenvalue weighted by atomic mass is 19.4. The minimum atomic E-state index is -4.45. The van der Waals surface area contributed by atoms with Gasteiger partial charge in [0.25, 0.3) is 0 Å². The molecule has 0 fully saturated rings. The summed E-state index contributed by atoms with van der Waals surface area (Å²) in [6, 6.07) is 11.7. The molecule has 2 aromatic heterocycles. The highest BCUT2D eigenvalue weighted by Gasteiger charge is 2.28. The molecule has 0 aliphatic carbocycles. The first kappa shape index (κ1) is 17.7. The number of fused-ring (bicyclic) bond motifs is 1. The molecule has 3 rings (SSSR count). The summed E-state index contributed by atoms with van der Waals surface area (Å²) in [5.41, 5.74) is 1.59. The van der Waals surface area contributed by atoms with Gasteiger partial charge in [0.1, 0.15) is 6.61 Å². The molecule has 134 valence electrons. The summed E-state index contributed by atoms with van der Waals surface area (Å²) in [7, 11) is 0. The second-order valence-corrected chi connectivity index (χ2v) is 5.36. The van der Waals surface area contributed by atoms with Gasteiger partial charge in [0.15, 0.2) is 6.61 Å². The number of pyridine rings is 2. The van der Waals surface area contributed by atoms with Gasteiger partial charge in [-0.15, -0.1) is 0 Å². The van der Waals surface area contributed by atoms with E-state index in [1.165, 1.54) is 12.1 Å². The van der Waals surface area contributed by atoms with Crippen molar-refractivity contribution in [2.24, 2.45) is 0 Å². The Hall–Kier alpha value is -3.16. The molecule has 0 saturated carbocycles. The molecule has 0 N–H and O–H groups in total. The average Bonchev–Trinajstić information content (AvgIpc) is 2.64. The maximum absolute atomic E-state index is 12.1. The van der Waals surface area contributed by atoms with E-state index >= 15 is 0 Å². The number of benzene rings is 1. The van der Waals surface area contributed by atoms with Gasteiger partial charge >= 0.3 is 12.1 Å². The molecule has 0 spiro atoms. The van der Waals surface area contributed by atoms with Gasteiger partial charge in [-0.25, -0.2) is 9.78 Å². The van der Waals surface area contributed by atoms with E-state index in [1.807, 2.05) is 24.3 Å². The van der Waals surface area contributed by atoms with E-state index in [-0.39, 0.29) is 18.1 Å². The van der Waals surface area contributed by atoms with Crippen LogP contribution in [0.2, 0.25) is 0 Å². The van der Waals surface area contributed by atoms with Crippen LogP contribution < -0.4 is 4.74 Å². The molecular weight excluding hydrogens is 349 g/mol. The van der Waals surface area contributed by atoms with Crippen LogP contribution in [0.3, 0.4) is 0 Å². The molecule has 1 aromatic carbocycles. The number of carbonyl (C=O) groups excluding carboxylic acids is 1. The third-order valence-electron chi connectivity index (χ3n) is 3.43. The van der Waals surface area contributed by atoms with Crippen LogP contribution in [0.1, 0.15) is 15.9 Å². The van der Waals surface area contributed by atoms with E-state index in [4.69, 9.17) is 4.74 Å². The molecule has 0 amide bonds. The Balaban J connectivity index is 1.63. The molecule has 0 bridgehead atoms. The largest absolute Gasteiger partial charge is 0.468 e. The molecule has 0 atom stereocenters. The van der Waals surface area contributed by atoms with Gasteiger partial charge in [0, 0.05) is 29.4 Å². The third-order valence-corrected chi connectivity index (χ3v) is 3.43. The summed E-state index contributed by atoms with van der Waals surface area (Å²) >= 11 is 0. The van der Waals surface area contributed by atoms with Crippen molar-refractivity contribution in [1.29, 1.82) is 0 Å². The van der Waals surface area contributed by atoms with Gasteiger partial charge in [-0.3, -0.25) is 4.98 Å². The number of aromatic nitrogens is 2. The Morgan fingerprint density at radius 1 is 1.04 bits per heavy atom. The van der Waals surface area contributed by atoms with E-state index < -0.39 is 18.8 Å². The molecule has 0 aliphatic heterocycles. The highest BCUT2D eigenvalue weighted by molar-refractivity contribution is 5.89. The molecule has 2 heterocycles. The zero-order valence-corrected chi connectivity index (χ0v) is 13.4. The first-order chi connectivity index (χ1) is 12.4. The lowest BCUT2D eigenvalue weighted by Crippen LogP contribution is -2.19. The van der Waals surface area contributed by atoms with Crippen LogP contribution in [0.5, 0.6) is 5.88 Å².